The van der Waals surface area contributed by atoms with Crippen LogP contribution in [0.4, 0.5) is 0 Å². The molecule has 2 saturated heterocycles. The van der Waals surface area contributed by atoms with Gasteiger partial charge in [0.1, 0.15) is 6.79 Å². The summed E-state index contributed by atoms with van der Waals surface area (Å²) in [5.74, 6) is 0. The zero-order valence-corrected chi connectivity index (χ0v) is 8.15. The highest BCUT2D eigenvalue weighted by Crippen LogP contribution is 2.08. The van der Waals surface area contributed by atoms with E-state index in [1.807, 2.05) is 0 Å². The van der Waals surface area contributed by atoms with Crippen LogP contribution < -0.4 is 5.32 Å². The van der Waals surface area contributed by atoms with E-state index in [4.69, 9.17) is 14.2 Å². The molecular weight excluding hydrogens is 186 g/mol. The number of nitrogens with one attached hydrogen (secondary N) is 1. The van der Waals surface area contributed by atoms with E-state index in [-0.39, 0.29) is 18.2 Å². The van der Waals surface area contributed by atoms with Gasteiger partial charge in [-0.1, -0.05) is 0 Å². The molecule has 3 atom stereocenters. The van der Waals surface area contributed by atoms with Gasteiger partial charge in [-0.25, -0.2) is 0 Å². The lowest BCUT2D eigenvalue weighted by molar-refractivity contribution is -0.137. The summed E-state index contributed by atoms with van der Waals surface area (Å²) < 4.78 is 15.6. The standard InChI is InChI=1S/C9H17NO4/c11-9-5-13-4-8(9)10-3-7-1-2-12-6-14-7/h7-11H,1-6H2/t7?,8-,9-/m1/s1. The van der Waals surface area contributed by atoms with Crippen molar-refractivity contribution in [3.63, 3.8) is 0 Å². The van der Waals surface area contributed by atoms with Gasteiger partial charge in [0, 0.05) is 6.54 Å². The van der Waals surface area contributed by atoms with Gasteiger partial charge in [-0.2, -0.15) is 0 Å². The Balaban J connectivity index is 1.65. The third-order valence-electron chi connectivity index (χ3n) is 2.63. The lowest BCUT2D eigenvalue weighted by atomic mass is 10.2. The minimum atomic E-state index is -0.380. The van der Waals surface area contributed by atoms with Crippen LogP contribution in [0.25, 0.3) is 0 Å². The van der Waals surface area contributed by atoms with Crippen LogP contribution in [0.3, 0.4) is 0 Å². The largest absolute Gasteiger partial charge is 0.389 e. The molecule has 0 radical (unpaired) electrons. The molecule has 82 valence electrons. The fourth-order valence-corrected chi connectivity index (χ4v) is 1.68. The molecule has 2 rings (SSSR count). The first-order valence-corrected chi connectivity index (χ1v) is 5.05. The Morgan fingerprint density at radius 2 is 2.21 bits per heavy atom. The second kappa shape index (κ2) is 5.04. The van der Waals surface area contributed by atoms with Crippen LogP contribution in [-0.4, -0.2) is 56.5 Å². The molecule has 0 aromatic heterocycles. The monoisotopic (exact) mass is 203 g/mol. The van der Waals surface area contributed by atoms with Crippen LogP contribution in [0, 0.1) is 0 Å². The average Bonchev–Trinajstić information content (AvgIpc) is 2.63. The van der Waals surface area contributed by atoms with Gasteiger partial charge < -0.3 is 24.6 Å². The van der Waals surface area contributed by atoms with Crippen LogP contribution >= 0.6 is 0 Å². The minimum Gasteiger partial charge on any atom is -0.389 e. The first kappa shape index (κ1) is 10.3. The normalized spacial score (nSPS) is 38.8. The lowest BCUT2D eigenvalue weighted by Gasteiger charge is -2.25. The molecule has 0 bridgehead atoms. The molecule has 0 aromatic carbocycles. The number of rotatable bonds is 3. The molecular formula is C9H17NO4. The van der Waals surface area contributed by atoms with Crippen molar-refractivity contribution < 1.29 is 19.3 Å². The molecule has 0 spiro atoms. The molecule has 1 unspecified atom stereocenters. The summed E-state index contributed by atoms with van der Waals surface area (Å²) in [4.78, 5) is 0. The SMILES string of the molecule is O[C@@H]1COC[C@H]1NCC1CCOCO1. The van der Waals surface area contributed by atoms with E-state index in [2.05, 4.69) is 5.32 Å². The Morgan fingerprint density at radius 1 is 1.29 bits per heavy atom. The maximum Gasteiger partial charge on any atom is 0.147 e. The molecule has 0 aromatic rings. The molecule has 5 heteroatoms. The molecule has 2 aliphatic rings. The third-order valence-corrected chi connectivity index (χ3v) is 2.63. The highest BCUT2D eigenvalue weighted by Gasteiger charge is 2.26. The van der Waals surface area contributed by atoms with Crippen molar-refractivity contribution >= 4 is 0 Å². The summed E-state index contributed by atoms with van der Waals surface area (Å²) >= 11 is 0. The summed E-state index contributed by atoms with van der Waals surface area (Å²) in [7, 11) is 0. The van der Waals surface area contributed by atoms with Gasteiger partial charge in [-0.3, -0.25) is 0 Å². The van der Waals surface area contributed by atoms with Crippen LogP contribution in [-0.2, 0) is 14.2 Å². The van der Waals surface area contributed by atoms with E-state index in [9.17, 15) is 5.11 Å². The second-order valence-corrected chi connectivity index (χ2v) is 3.72. The van der Waals surface area contributed by atoms with Crippen LogP contribution in [0.1, 0.15) is 6.42 Å². The van der Waals surface area contributed by atoms with Gasteiger partial charge >= 0.3 is 0 Å². The topological polar surface area (TPSA) is 60.0 Å². The summed E-state index contributed by atoms with van der Waals surface area (Å²) in [5.41, 5.74) is 0. The average molecular weight is 203 g/mol. The molecule has 2 fully saturated rings. The Kier molecular flexibility index (Phi) is 3.72. The van der Waals surface area contributed by atoms with E-state index in [0.717, 1.165) is 19.6 Å². The highest BCUT2D eigenvalue weighted by molar-refractivity contribution is 4.81. The number of aliphatic hydroxyl groups is 1. The molecule has 5 nitrogen and oxygen atoms in total. The predicted molar refractivity (Wildman–Crippen MR) is 48.9 cm³/mol. The van der Waals surface area contributed by atoms with Gasteiger partial charge in [0.15, 0.2) is 0 Å². The van der Waals surface area contributed by atoms with Crippen LogP contribution in [0.5, 0.6) is 0 Å². The van der Waals surface area contributed by atoms with Gasteiger partial charge in [-0.05, 0) is 6.42 Å². The van der Waals surface area contributed by atoms with Crippen molar-refractivity contribution in [3.8, 4) is 0 Å². The number of aliphatic hydroxyl groups excluding tert-OH is 1. The molecule has 14 heavy (non-hydrogen) atoms. The van der Waals surface area contributed by atoms with Gasteiger partial charge in [-0.15, -0.1) is 0 Å². The van der Waals surface area contributed by atoms with Crippen LogP contribution in [0.15, 0.2) is 0 Å². The Labute approximate surface area is 83.3 Å². The number of hydrogen-bond donors (Lipinski definition) is 2. The van der Waals surface area contributed by atoms with E-state index in [1.54, 1.807) is 0 Å². The Bertz CT molecular complexity index is 172. The maximum absolute atomic E-state index is 9.47. The zero-order valence-electron chi connectivity index (χ0n) is 8.15. The van der Waals surface area contributed by atoms with E-state index in [1.165, 1.54) is 0 Å². The van der Waals surface area contributed by atoms with Gasteiger partial charge in [0.05, 0.1) is 38.1 Å². The fraction of sp³-hybridized carbons (Fsp3) is 1.00. The maximum atomic E-state index is 9.47. The lowest BCUT2D eigenvalue weighted by Crippen LogP contribution is -2.44. The molecule has 0 aliphatic carbocycles. The quantitative estimate of drug-likeness (QED) is 0.622. The van der Waals surface area contributed by atoms with E-state index in [0.29, 0.717) is 20.0 Å². The number of ether oxygens (including phenoxy) is 3. The molecule has 2 heterocycles. The predicted octanol–water partition coefficient (Wildman–Crippen LogP) is -0.901. The van der Waals surface area contributed by atoms with Gasteiger partial charge in [0.25, 0.3) is 0 Å². The molecule has 2 aliphatic heterocycles. The number of hydrogen-bond acceptors (Lipinski definition) is 5. The first-order chi connectivity index (χ1) is 6.86. The van der Waals surface area contributed by atoms with Crippen LogP contribution in [0.2, 0.25) is 0 Å². The van der Waals surface area contributed by atoms with Crippen molar-refractivity contribution in [2.45, 2.75) is 24.7 Å². The van der Waals surface area contributed by atoms with Crippen molar-refractivity contribution in [3.05, 3.63) is 0 Å². The molecule has 0 saturated carbocycles. The summed E-state index contributed by atoms with van der Waals surface area (Å²) in [6, 6.07) is 0.0569. The Morgan fingerprint density at radius 3 is 2.86 bits per heavy atom. The highest BCUT2D eigenvalue weighted by atomic mass is 16.7. The summed E-state index contributed by atoms with van der Waals surface area (Å²) in [6.45, 7) is 2.93. The first-order valence-electron chi connectivity index (χ1n) is 5.05. The fourth-order valence-electron chi connectivity index (χ4n) is 1.68. The summed E-state index contributed by atoms with van der Waals surface area (Å²) in [6.07, 6.45) is 0.739. The summed E-state index contributed by atoms with van der Waals surface area (Å²) in [5, 5.41) is 12.7. The smallest absolute Gasteiger partial charge is 0.147 e. The van der Waals surface area contributed by atoms with E-state index < -0.39 is 0 Å². The molecule has 0 amide bonds. The Hall–Kier alpha value is -0.200. The van der Waals surface area contributed by atoms with Crippen molar-refractivity contribution in [1.82, 2.24) is 5.32 Å². The zero-order chi connectivity index (χ0) is 9.80. The minimum absolute atomic E-state index is 0.0569. The van der Waals surface area contributed by atoms with Crippen molar-refractivity contribution in [2.75, 3.05) is 33.2 Å². The second-order valence-electron chi connectivity index (χ2n) is 3.72. The van der Waals surface area contributed by atoms with E-state index >= 15 is 0 Å². The van der Waals surface area contributed by atoms with Gasteiger partial charge in [0.2, 0.25) is 0 Å². The molecule has 2 N–H and O–H groups in total. The van der Waals surface area contributed by atoms with Crippen molar-refractivity contribution in [1.29, 1.82) is 0 Å². The van der Waals surface area contributed by atoms with Crippen molar-refractivity contribution in [2.24, 2.45) is 0 Å². The third kappa shape index (κ3) is 2.65.